The number of carbonyl (C=O) groups excluding carboxylic acids is 1. The van der Waals surface area contributed by atoms with E-state index < -0.39 is 5.97 Å². The molecule has 9 nitrogen and oxygen atoms in total. The van der Waals surface area contributed by atoms with Crippen molar-refractivity contribution >= 4 is 34.7 Å². The van der Waals surface area contributed by atoms with E-state index in [4.69, 9.17) is 10.5 Å². The summed E-state index contributed by atoms with van der Waals surface area (Å²) in [5.74, 6) is 0.195. The molecule has 0 amide bonds. The number of aliphatic imine (C=N–C) groups is 1. The molecule has 3 heterocycles. The monoisotopic (exact) mass is 364 g/mol. The average Bonchev–Trinajstić information content (AvgIpc) is 3.31. The molecule has 0 saturated heterocycles. The summed E-state index contributed by atoms with van der Waals surface area (Å²) in [7, 11) is 1.32. The Balaban J connectivity index is 1.79. The van der Waals surface area contributed by atoms with E-state index in [2.05, 4.69) is 19.9 Å². The minimum absolute atomic E-state index is 0.196. The fourth-order valence-corrected chi connectivity index (χ4v) is 2.93. The van der Waals surface area contributed by atoms with Crippen molar-refractivity contribution in [3.05, 3.63) is 57.8 Å². The highest BCUT2D eigenvalue weighted by molar-refractivity contribution is 5.91. The number of fused-ring (bicyclic) bond motifs is 1. The van der Waals surface area contributed by atoms with Gasteiger partial charge in [-0.2, -0.15) is 0 Å². The van der Waals surface area contributed by atoms with E-state index in [1.807, 2.05) is 12.1 Å². The summed E-state index contributed by atoms with van der Waals surface area (Å²) < 4.78 is 6.20. The van der Waals surface area contributed by atoms with Crippen LogP contribution < -0.4 is 11.4 Å². The highest BCUT2D eigenvalue weighted by atomic mass is 16.5. The average molecular weight is 364 g/mol. The fourth-order valence-electron chi connectivity index (χ4n) is 2.93. The third-order valence-corrected chi connectivity index (χ3v) is 4.27. The van der Waals surface area contributed by atoms with Crippen LogP contribution in [0, 0.1) is 0 Å². The topological polar surface area (TPSA) is 128 Å². The van der Waals surface area contributed by atoms with Crippen LogP contribution in [0.1, 0.15) is 21.7 Å². The largest absolute Gasteiger partial charge is 0.465 e. The zero-order chi connectivity index (χ0) is 19.0. The number of H-pyrrole nitrogens is 1. The molecule has 1 aliphatic heterocycles. The van der Waals surface area contributed by atoms with Crippen LogP contribution in [0.2, 0.25) is 0 Å². The molecule has 0 unspecified atom stereocenters. The highest BCUT2D eigenvalue weighted by Crippen LogP contribution is 2.20. The van der Waals surface area contributed by atoms with Crippen LogP contribution in [0.15, 0.2) is 40.1 Å². The van der Waals surface area contributed by atoms with Gasteiger partial charge >= 0.3 is 11.7 Å². The molecule has 0 radical (unpaired) electrons. The first-order valence-electron chi connectivity index (χ1n) is 8.19. The number of nitrogens with zero attached hydrogens (tertiary/aromatic N) is 4. The third-order valence-electron chi connectivity index (χ3n) is 4.27. The summed E-state index contributed by atoms with van der Waals surface area (Å²) in [5.41, 5.74) is 8.43. The molecule has 1 aromatic carbocycles. The van der Waals surface area contributed by atoms with Crippen LogP contribution in [0.25, 0.3) is 16.7 Å². The van der Waals surface area contributed by atoms with Gasteiger partial charge in [-0.1, -0.05) is 12.1 Å². The number of nitrogens with one attached hydrogen (secondary N) is 1. The predicted octanol–water partition coefficient (Wildman–Crippen LogP) is 1.00. The van der Waals surface area contributed by atoms with Crippen molar-refractivity contribution in [3.8, 4) is 0 Å². The van der Waals surface area contributed by atoms with Crippen LogP contribution >= 0.6 is 0 Å². The van der Waals surface area contributed by atoms with Crippen LogP contribution in [0.3, 0.4) is 0 Å². The Morgan fingerprint density at radius 1 is 1.37 bits per heavy atom. The van der Waals surface area contributed by atoms with E-state index in [0.29, 0.717) is 29.1 Å². The zero-order valence-electron chi connectivity index (χ0n) is 14.5. The van der Waals surface area contributed by atoms with Crippen molar-refractivity contribution in [2.45, 2.75) is 6.54 Å². The quantitative estimate of drug-likeness (QED) is 0.665. The predicted molar refractivity (Wildman–Crippen MR) is 101 cm³/mol. The van der Waals surface area contributed by atoms with Crippen molar-refractivity contribution in [2.24, 2.45) is 4.99 Å². The minimum atomic E-state index is -0.440. The van der Waals surface area contributed by atoms with Gasteiger partial charge in [0, 0.05) is 11.8 Å². The van der Waals surface area contributed by atoms with Gasteiger partial charge in [-0.3, -0.25) is 9.56 Å². The van der Waals surface area contributed by atoms with E-state index in [1.165, 1.54) is 11.7 Å². The van der Waals surface area contributed by atoms with Gasteiger partial charge in [0.1, 0.15) is 5.52 Å². The number of nitrogens with two attached hydrogens (primary N) is 1. The Bertz CT molecular complexity index is 1170. The Morgan fingerprint density at radius 3 is 2.96 bits per heavy atom. The Kier molecular flexibility index (Phi) is 4.03. The van der Waals surface area contributed by atoms with Crippen molar-refractivity contribution in [2.75, 3.05) is 19.4 Å². The number of ether oxygens (including phenoxy) is 1. The summed E-state index contributed by atoms with van der Waals surface area (Å²) in [4.78, 5) is 39.8. The van der Waals surface area contributed by atoms with Crippen LogP contribution in [-0.2, 0) is 11.3 Å². The Labute approximate surface area is 153 Å². The first kappa shape index (κ1) is 16.7. The molecular weight excluding hydrogens is 348 g/mol. The fraction of sp³-hybridized carbons (Fsp3) is 0.167. The smallest absolute Gasteiger partial charge is 0.337 e. The number of hydrogen-bond acceptors (Lipinski definition) is 7. The maximum Gasteiger partial charge on any atom is 0.337 e. The molecule has 0 spiro atoms. The lowest BCUT2D eigenvalue weighted by atomic mass is 10.1. The van der Waals surface area contributed by atoms with Crippen LogP contribution in [0.5, 0.6) is 0 Å². The number of imidazole rings is 1. The van der Waals surface area contributed by atoms with E-state index in [-0.39, 0.29) is 18.1 Å². The number of benzene rings is 1. The molecule has 0 bridgehead atoms. The van der Waals surface area contributed by atoms with Crippen molar-refractivity contribution < 1.29 is 9.53 Å². The Hall–Kier alpha value is -3.75. The summed E-state index contributed by atoms with van der Waals surface area (Å²) in [6.07, 6.45) is 3.50. The first-order chi connectivity index (χ1) is 13.1. The number of hydrogen-bond donors (Lipinski definition) is 2. The van der Waals surface area contributed by atoms with Gasteiger partial charge < -0.3 is 15.5 Å². The zero-order valence-corrected chi connectivity index (χ0v) is 14.5. The molecule has 0 saturated carbocycles. The molecule has 0 aliphatic carbocycles. The second kappa shape index (κ2) is 6.52. The number of carbonyl (C=O) groups is 1. The number of aromatic amines is 1. The van der Waals surface area contributed by atoms with E-state index in [0.717, 1.165) is 11.1 Å². The van der Waals surface area contributed by atoms with E-state index in [1.54, 1.807) is 24.4 Å². The molecule has 136 valence electrons. The van der Waals surface area contributed by atoms with Gasteiger partial charge in [-0.25, -0.2) is 19.6 Å². The maximum absolute atomic E-state index is 12.5. The molecule has 2 aromatic heterocycles. The number of methoxy groups -OCH3 is 1. The minimum Gasteiger partial charge on any atom is -0.465 e. The van der Waals surface area contributed by atoms with Crippen LogP contribution in [-0.4, -0.2) is 45.4 Å². The molecule has 0 fully saturated rings. The molecule has 9 heteroatoms. The lowest BCUT2D eigenvalue weighted by molar-refractivity contribution is 0.0600. The molecule has 27 heavy (non-hydrogen) atoms. The summed E-state index contributed by atoms with van der Waals surface area (Å²) in [5, 5.41) is 0. The van der Waals surface area contributed by atoms with Crippen LogP contribution in [0.4, 0.5) is 5.82 Å². The maximum atomic E-state index is 12.5. The van der Waals surface area contributed by atoms with Gasteiger partial charge in [-0.05, 0) is 23.8 Å². The van der Waals surface area contributed by atoms with Crippen molar-refractivity contribution in [1.82, 2.24) is 19.5 Å². The third kappa shape index (κ3) is 2.99. The first-order valence-corrected chi connectivity index (χ1v) is 8.19. The molecule has 3 aromatic rings. The number of anilines is 1. The van der Waals surface area contributed by atoms with Crippen molar-refractivity contribution in [3.63, 3.8) is 0 Å². The van der Waals surface area contributed by atoms with E-state index >= 15 is 0 Å². The number of rotatable bonds is 4. The van der Waals surface area contributed by atoms with Crippen molar-refractivity contribution in [1.29, 1.82) is 0 Å². The molecule has 0 atom stereocenters. The van der Waals surface area contributed by atoms with E-state index in [9.17, 15) is 9.59 Å². The number of esters is 1. The second-order valence-corrected chi connectivity index (χ2v) is 6.02. The Morgan fingerprint density at radius 2 is 2.22 bits per heavy atom. The molecular formula is C18H16N6O3. The van der Waals surface area contributed by atoms with Gasteiger partial charge in [-0.15, -0.1) is 0 Å². The summed E-state index contributed by atoms with van der Waals surface area (Å²) >= 11 is 0. The number of aromatic nitrogens is 4. The van der Waals surface area contributed by atoms with Gasteiger partial charge in [0.25, 0.3) is 0 Å². The molecule has 3 N–H and O–H groups in total. The molecule has 4 rings (SSSR count). The highest BCUT2D eigenvalue weighted by Gasteiger charge is 2.17. The van der Waals surface area contributed by atoms with Gasteiger partial charge in [0.2, 0.25) is 0 Å². The van der Waals surface area contributed by atoms with Gasteiger partial charge in [0.15, 0.2) is 17.3 Å². The summed E-state index contributed by atoms with van der Waals surface area (Å²) in [6, 6.07) is 6.88. The second-order valence-electron chi connectivity index (χ2n) is 6.02. The van der Waals surface area contributed by atoms with Gasteiger partial charge in [0.05, 0.1) is 25.8 Å². The molecule has 1 aliphatic rings. The lowest BCUT2D eigenvalue weighted by Crippen LogP contribution is -2.18. The lowest BCUT2D eigenvalue weighted by Gasteiger charge is -2.07. The summed E-state index contributed by atoms with van der Waals surface area (Å²) in [6.45, 7) is 0.690. The normalized spacial score (nSPS) is 13.1. The number of allylic oxidation sites excluding steroid dienone is 1. The standard InChI is InChI=1S/C18H16N6O3/c1-27-17(25)11-4-2-3-10(7-11)9-24-16-13(21-18(24)26)14(19)22-15(23-16)12-5-6-20-8-12/h2-7H,8-9H2,1H3,(H,21,26)(H2,19,22,23). The number of nitrogen functional groups attached to an aromatic ring is 1. The SMILES string of the molecule is COC(=O)c1cccc(Cn2c(=O)[nH]c3c(N)nc(C4=CC=NC4)nc32)c1.